The Balaban J connectivity index is 2.50. The zero-order valence-corrected chi connectivity index (χ0v) is 10.2. The molecule has 0 spiro atoms. The smallest absolute Gasteiger partial charge is 0.269 e. The minimum absolute atomic E-state index is 0.0438. The van der Waals surface area contributed by atoms with Gasteiger partial charge in [-0.2, -0.15) is 0 Å². The molecular formula is C13H9N3O4. The first-order valence-electron chi connectivity index (χ1n) is 5.84. The van der Waals surface area contributed by atoms with Crippen molar-refractivity contribution in [3.05, 3.63) is 50.8 Å². The summed E-state index contributed by atoms with van der Waals surface area (Å²) in [6, 6.07) is 2.68. The molecule has 100 valence electrons. The average Bonchev–Trinajstić information content (AvgIpc) is 2.41. The summed E-state index contributed by atoms with van der Waals surface area (Å²) in [7, 11) is 0. The molecule has 3 heterocycles. The lowest BCUT2D eigenvalue weighted by molar-refractivity contribution is -0.113. The van der Waals surface area contributed by atoms with E-state index in [-0.39, 0.29) is 23.4 Å². The molecule has 1 amide bonds. The van der Waals surface area contributed by atoms with E-state index in [1.165, 1.54) is 18.5 Å². The molecule has 7 nitrogen and oxygen atoms in total. The maximum atomic E-state index is 12.1. The fourth-order valence-corrected chi connectivity index (χ4v) is 2.12. The van der Waals surface area contributed by atoms with Gasteiger partial charge < -0.3 is 10.3 Å². The lowest BCUT2D eigenvalue weighted by Gasteiger charge is -2.13. The van der Waals surface area contributed by atoms with Crippen LogP contribution in [0.5, 0.6) is 0 Å². The van der Waals surface area contributed by atoms with Crippen LogP contribution in [0.4, 0.5) is 0 Å². The van der Waals surface area contributed by atoms with Crippen molar-refractivity contribution in [1.82, 2.24) is 14.9 Å². The van der Waals surface area contributed by atoms with Gasteiger partial charge in [0.25, 0.3) is 17.0 Å². The Morgan fingerprint density at radius 1 is 1.10 bits per heavy atom. The summed E-state index contributed by atoms with van der Waals surface area (Å²) >= 11 is 0. The Bertz CT molecular complexity index is 889. The van der Waals surface area contributed by atoms with Crippen molar-refractivity contribution in [1.29, 1.82) is 0 Å². The number of carbonyl (C=O) groups is 2. The van der Waals surface area contributed by atoms with Gasteiger partial charge in [0.1, 0.15) is 5.69 Å². The van der Waals surface area contributed by atoms with Crippen LogP contribution < -0.4 is 16.4 Å². The van der Waals surface area contributed by atoms with E-state index in [1.807, 2.05) is 0 Å². The molecule has 0 fully saturated rings. The van der Waals surface area contributed by atoms with E-state index >= 15 is 0 Å². The predicted octanol–water partition coefficient (Wildman–Crippen LogP) is -0.527. The number of hydrogen-bond acceptors (Lipinski definition) is 4. The van der Waals surface area contributed by atoms with E-state index in [2.05, 4.69) is 10.3 Å². The molecule has 1 aliphatic heterocycles. The zero-order valence-electron chi connectivity index (χ0n) is 10.2. The molecule has 3 rings (SSSR count). The van der Waals surface area contributed by atoms with E-state index in [0.717, 1.165) is 10.6 Å². The minimum atomic E-state index is -0.573. The third kappa shape index (κ3) is 1.76. The van der Waals surface area contributed by atoms with Crippen molar-refractivity contribution in [3.63, 3.8) is 0 Å². The second-order valence-corrected chi connectivity index (χ2v) is 4.30. The lowest BCUT2D eigenvalue weighted by atomic mass is 10.1. The van der Waals surface area contributed by atoms with Crippen molar-refractivity contribution in [2.75, 3.05) is 6.54 Å². The van der Waals surface area contributed by atoms with Crippen LogP contribution in [-0.4, -0.2) is 27.8 Å². The topological polar surface area (TPSA) is 101 Å². The highest BCUT2D eigenvalue weighted by atomic mass is 16.2. The molecular weight excluding hydrogens is 262 g/mol. The second-order valence-electron chi connectivity index (χ2n) is 4.30. The highest BCUT2D eigenvalue weighted by molar-refractivity contribution is 6.08. The van der Waals surface area contributed by atoms with Gasteiger partial charge >= 0.3 is 0 Å². The monoisotopic (exact) mass is 271 g/mol. The van der Waals surface area contributed by atoms with Crippen LogP contribution in [0, 0.1) is 0 Å². The van der Waals surface area contributed by atoms with Crippen molar-refractivity contribution >= 4 is 28.7 Å². The standard InChI is InChI=1S/C13H9N3O4/c17-7-2-4-16-10(18)5-9-8(1-3-14-12(9)19)11(16)13(20)15-6-7/h1-5H,6H2,(H,14,19)(H,15,20). The normalized spacial score (nSPS) is 14.6. The molecule has 1 aliphatic rings. The number of ketones is 1. The number of hydrogen-bond donors (Lipinski definition) is 2. The number of aromatic amines is 1. The summed E-state index contributed by atoms with van der Waals surface area (Å²) in [6.07, 6.45) is 3.86. The Morgan fingerprint density at radius 2 is 1.90 bits per heavy atom. The molecule has 0 unspecified atom stereocenters. The fraction of sp³-hybridized carbons (Fsp3) is 0.0769. The van der Waals surface area contributed by atoms with Crippen molar-refractivity contribution in [2.24, 2.45) is 0 Å². The summed E-state index contributed by atoms with van der Waals surface area (Å²) in [4.78, 5) is 49.6. The van der Waals surface area contributed by atoms with Crippen LogP contribution in [0.3, 0.4) is 0 Å². The quantitative estimate of drug-likeness (QED) is 0.672. The largest absolute Gasteiger partial charge is 0.343 e. The summed E-state index contributed by atoms with van der Waals surface area (Å²) in [5, 5.41) is 2.91. The van der Waals surface area contributed by atoms with Crippen molar-refractivity contribution in [2.45, 2.75) is 0 Å². The van der Waals surface area contributed by atoms with E-state index in [4.69, 9.17) is 0 Å². The molecule has 0 saturated heterocycles. The SMILES string of the molecule is O=C1C=Cn2c(c3cc[nH]c(=O)c3cc2=O)C(=O)NC1. The van der Waals surface area contributed by atoms with E-state index < -0.39 is 17.0 Å². The van der Waals surface area contributed by atoms with Gasteiger partial charge in [-0.3, -0.25) is 23.7 Å². The average molecular weight is 271 g/mol. The van der Waals surface area contributed by atoms with Gasteiger partial charge in [-0.15, -0.1) is 0 Å². The van der Waals surface area contributed by atoms with Gasteiger partial charge in [-0.25, -0.2) is 0 Å². The van der Waals surface area contributed by atoms with Crippen LogP contribution in [0.2, 0.25) is 0 Å². The Morgan fingerprint density at radius 3 is 2.70 bits per heavy atom. The maximum Gasteiger partial charge on any atom is 0.269 e. The number of H-pyrrole nitrogens is 1. The van der Waals surface area contributed by atoms with Crippen molar-refractivity contribution < 1.29 is 9.59 Å². The maximum absolute atomic E-state index is 12.1. The Kier molecular flexibility index (Phi) is 2.60. The van der Waals surface area contributed by atoms with Crippen LogP contribution in [0.15, 0.2) is 34.0 Å². The minimum Gasteiger partial charge on any atom is -0.343 e. The van der Waals surface area contributed by atoms with Crippen LogP contribution in [-0.2, 0) is 4.79 Å². The molecule has 0 saturated carbocycles. The summed E-state index contributed by atoms with van der Waals surface area (Å²) in [6.45, 7) is -0.150. The number of nitrogens with one attached hydrogen (secondary N) is 2. The van der Waals surface area contributed by atoms with E-state index in [1.54, 1.807) is 6.07 Å². The summed E-state index contributed by atoms with van der Waals surface area (Å²) < 4.78 is 1.06. The first kappa shape index (κ1) is 12.1. The number of amides is 1. The van der Waals surface area contributed by atoms with Gasteiger partial charge in [0.2, 0.25) is 0 Å². The molecule has 2 aromatic rings. The molecule has 0 aromatic carbocycles. The second kappa shape index (κ2) is 4.30. The zero-order chi connectivity index (χ0) is 14.3. The summed E-state index contributed by atoms with van der Waals surface area (Å²) in [5.74, 6) is -0.891. The van der Waals surface area contributed by atoms with Crippen LogP contribution in [0.25, 0.3) is 17.0 Å². The number of carbonyl (C=O) groups excluding carboxylic acids is 2. The van der Waals surface area contributed by atoms with Gasteiger partial charge in [-0.05, 0) is 12.1 Å². The van der Waals surface area contributed by atoms with Crippen LogP contribution in [0.1, 0.15) is 10.5 Å². The third-order valence-corrected chi connectivity index (χ3v) is 3.05. The molecule has 0 bridgehead atoms. The lowest BCUT2D eigenvalue weighted by Crippen LogP contribution is -2.35. The van der Waals surface area contributed by atoms with Crippen LogP contribution >= 0.6 is 0 Å². The first-order chi connectivity index (χ1) is 9.58. The molecule has 0 aliphatic carbocycles. The van der Waals surface area contributed by atoms with Gasteiger partial charge in [0.15, 0.2) is 5.78 Å². The van der Waals surface area contributed by atoms with Crippen molar-refractivity contribution in [3.8, 4) is 0 Å². The fourth-order valence-electron chi connectivity index (χ4n) is 2.12. The number of pyridine rings is 2. The van der Waals surface area contributed by atoms with E-state index in [0.29, 0.717) is 5.39 Å². The number of rotatable bonds is 0. The molecule has 0 atom stereocenters. The van der Waals surface area contributed by atoms with Gasteiger partial charge in [0, 0.05) is 23.8 Å². The molecule has 0 radical (unpaired) electrons. The van der Waals surface area contributed by atoms with E-state index in [9.17, 15) is 19.2 Å². The van der Waals surface area contributed by atoms with Gasteiger partial charge in [-0.1, -0.05) is 0 Å². The van der Waals surface area contributed by atoms with Gasteiger partial charge in [0.05, 0.1) is 11.9 Å². The predicted molar refractivity (Wildman–Crippen MR) is 71.5 cm³/mol. The number of aromatic nitrogens is 2. The third-order valence-electron chi connectivity index (χ3n) is 3.05. The Labute approximate surface area is 111 Å². The number of fused-ring (bicyclic) bond motifs is 3. The highest BCUT2D eigenvalue weighted by Gasteiger charge is 2.19. The first-order valence-corrected chi connectivity index (χ1v) is 5.84. The molecule has 2 aromatic heterocycles. The number of nitrogens with zero attached hydrogens (tertiary/aromatic N) is 1. The summed E-state index contributed by atoms with van der Waals surface area (Å²) in [5.41, 5.74) is -0.953. The highest BCUT2D eigenvalue weighted by Crippen LogP contribution is 2.14. The Hall–Kier alpha value is -2.96. The molecule has 20 heavy (non-hydrogen) atoms. The molecule has 7 heteroatoms. The molecule has 2 N–H and O–H groups in total.